The molecule has 0 unspecified atom stereocenters. The van der Waals surface area contributed by atoms with Crippen LogP contribution in [0.25, 0.3) is 5.82 Å². The topological polar surface area (TPSA) is 43.6 Å². The average Bonchev–Trinajstić information content (AvgIpc) is 2.94. The van der Waals surface area contributed by atoms with Crippen LogP contribution in [0.5, 0.6) is 0 Å². The van der Waals surface area contributed by atoms with Crippen molar-refractivity contribution < 1.29 is 0 Å². The predicted molar refractivity (Wildman–Crippen MR) is 68.4 cm³/mol. The van der Waals surface area contributed by atoms with Crippen molar-refractivity contribution in [3.8, 4) is 5.82 Å². The molecule has 0 atom stereocenters. The third-order valence-corrected chi connectivity index (χ3v) is 2.66. The first-order chi connectivity index (χ1) is 8.92. The van der Waals surface area contributed by atoms with Gasteiger partial charge in [-0.2, -0.15) is 0 Å². The molecule has 0 amide bonds. The van der Waals surface area contributed by atoms with Gasteiger partial charge in [0.15, 0.2) is 0 Å². The summed E-state index contributed by atoms with van der Waals surface area (Å²) in [5.41, 5.74) is 1.21. The summed E-state index contributed by atoms with van der Waals surface area (Å²) >= 11 is 0. The van der Waals surface area contributed by atoms with Crippen molar-refractivity contribution in [2.45, 2.75) is 6.42 Å². The van der Waals surface area contributed by atoms with E-state index in [4.69, 9.17) is 0 Å². The molecule has 88 valence electrons. The number of aromatic nitrogens is 4. The van der Waals surface area contributed by atoms with E-state index >= 15 is 0 Å². The smallest absolute Gasteiger partial charge is 0.141 e. The zero-order chi connectivity index (χ0) is 12.2. The minimum absolute atomic E-state index is 0.739. The Balaban J connectivity index is 1.88. The quantitative estimate of drug-likeness (QED) is 0.700. The van der Waals surface area contributed by atoms with Crippen LogP contribution >= 0.6 is 0 Å². The van der Waals surface area contributed by atoms with Crippen molar-refractivity contribution in [2.75, 3.05) is 0 Å². The molecule has 1 aromatic carbocycles. The number of rotatable bonds is 3. The highest BCUT2D eigenvalue weighted by molar-refractivity contribution is 5.24. The summed E-state index contributed by atoms with van der Waals surface area (Å²) < 4.78 is 1.87. The van der Waals surface area contributed by atoms with Gasteiger partial charge in [0.25, 0.3) is 0 Å². The zero-order valence-electron chi connectivity index (χ0n) is 9.77. The molecular weight excluding hydrogens is 224 g/mol. The molecule has 3 rings (SSSR count). The molecular formula is C14H12N4. The van der Waals surface area contributed by atoms with E-state index in [1.54, 1.807) is 18.7 Å². The van der Waals surface area contributed by atoms with E-state index in [9.17, 15) is 0 Å². The molecule has 0 N–H and O–H groups in total. The lowest BCUT2D eigenvalue weighted by Crippen LogP contribution is -2.01. The van der Waals surface area contributed by atoms with Crippen molar-refractivity contribution in [3.63, 3.8) is 0 Å². The molecule has 0 aliphatic heterocycles. The highest BCUT2D eigenvalue weighted by atomic mass is 15.1. The SMILES string of the molecule is c1ccc(Cc2nccc(-n3ccnc3)n2)cc1. The fourth-order valence-electron chi connectivity index (χ4n) is 1.79. The molecule has 0 saturated carbocycles. The number of imidazole rings is 1. The number of hydrogen-bond donors (Lipinski definition) is 0. The molecule has 0 bridgehead atoms. The lowest BCUT2D eigenvalue weighted by Gasteiger charge is -2.04. The Morgan fingerprint density at radius 3 is 2.67 bits per heavy atom. The van der Waals surface area contributed by atoms with Gasteiger partial charge in [-0.1, -0.05) is 30.3 Å². The van der Waals surface area contributed by atoms with Crippen LogP contribution in [0, 0.1) is 0 Å². The highest BCUT2D eigenvalue weighted by Gasteiger charge is 2.02. The van der Waals surface area contributed by atoms with Gasteiger partial charge < -0.3 is 0 Å². The minimum atomic E-state index is 0.739. The van der Waals surface area contributed by atoms with Gasteiger partial charge >= 0.3 is 0 Å². The van der Waals surface area contributed by atoms with E-state index < -0.39 is 0 Å². The van der Waals surface area contributed by atoms with Crippen LogP contribution < -0.4 is 0 Å². The summed E-state index contributed by atoms with van der Waals surface area (Å²) in [7, 11) is 0. The molecule has 4 nitrogen and oxygen atoms in total. The molecule has 0 saturated heterocycles. The normalized spacial score (nSPS) is 10.4. The molecule has 0 radical (unpaired) electrons. The van der Waals surface area contributed by atoms with Crippen LogP contribution in [0.1, 0.15) is 11.4 Å². The maximum atomic E-state index is 4.52. The van der Waals surface area contributed by atoms with Crippen LogP contribution in [0.2, 0.25) is 0 Å². The maximum Gasteiger partial charge on any atom is 0.141 e. The Kier molecular flexibility index (Phi) is 2.84. The largest absolute Gasteiger partial charge is 0.290 e. The van der Waals surface area contributed by atoms with Gasteiger partial charge in [0.1, 0.15) is 18.0 Å². The van der Waals surface area contributed by atoms with Gasteiger partial charge in [-0.05, 0) is 11.6 Å². The second-order valence-corrected chi connectivity index (χ2v) is 3.96. The molecule has 0 fully saturated rings. The van der Waals surface area contributed by atoms with Crippen LogP contribution in [-0.2, 0) is 6.42 Å². The Morgan fingerprint density at radius 1 is 1.00 bits per heavy atom. The molecule has 0 spiro atoms. The molecule has 18 heavy (non-hydrogen) atoms. The summed E-state index contributed by atoms with van der Waals surface area (Å²) in [6, 6.07) is 12.1. The Bertz CT molecular complexity index is 617. The molecule has 0 aliphatic carbocycles. The number of hydrogen-bond acceptors (Lipinski definition) is 3. The first-order valence-corrected chi connectivity index (χ1v) is 5.76. The summed E-state index contributed by atoms with van der Waals surface area (Å²) in [4.78, 5) is 12.8. The van der Waals surface area contributed by atoms with Crippen molar-refractivity contribution >= 4 is 0 Å². The van der Waals surface area contributed by atoms with E-state index in [1.807, 2.05) is 35.0 Å². The Hall–Kier alpha value is -2.49. The van der Waals surface area contributed by atoms with E-state index in [0.29, 0.717) is 0 Å². The molecule has 3 aromatic rings. The molecule has 2 aromatic heterocycles. The molecule has 0 aliphatic rings. The van der Waals surface area contributed by atoms with E-state index in [1.165, 1.54) is 5.56 Å². The molecule has 2 heterocycles. The van der Waals surface area contributed by atoms with Crippen molar-refractivity contribution in [1.29, 1.82) is 0 Å². The lowest BCUT2D eigenvalue weighted by molar-refractivity contribution is 0.902. The summed E-state index contributed by atoms with van der Waals surface area (Å²) in [6.45, 7) is 0. The summed E-state index contributed by atoms with van der Waals surface area (Å²) in [6.07, 6.45) is 7.85. The summed E-state index contributed by atoms with van der Waals surface area (Å²) in [5.74, 6) is 1.65. The standard InChI is InChI=1S/C14H12N4/c1-2-4-12(5-3-1)10-13-16-7-6-14(17-13)18-9-8-15-11-18/h1-9,11H,10H2. The second kappa shape index (κ2) is 4.79. The first-order valence-electron chi connectivity index (χ1n) is 5.76. The van der Waals surface area contributed by atoms with Crippen molar-refractivity contribution in [1.82, 2.24) is 19.5 Å². The third kappa shape index (κ3) is 2.27. The van der Waals surface area contributed by atoms with E-state index in [-0.39, 0.29) is 0 Å². The third-order valence-electron chi connectivity index (χ3n) is 2.66. The Morgan fingerprint density at radius 2 is 1.89 bits per heavy atom. The second-order valence-electron chi connectivity index (χ2n) is 3.96. The van der Waals surface area contributed by atoms with Crippen molar-refractivity contribution in [2.24, 2.45) is 0 Å². The molecule has 4 heteroatoms. The van der Waals surface area contributed by atoms with Gasteiger partial charge in [-0.3, -0.25) is 4.57 Å². The van der Waals surface area contributed by atoms with E-state index in [2.05, 4.69) is 27.1 Å². The fraction of sp³-hybridized carbons (Fsp3) is 0.0714. The lowest BCUT2D eigenvalue weighted by atomic mass is 10.1. The summed E-state index contributed by atoms with van der Waals surface area (Å²) in [5, 5.41) is 0. The number of benzene rings is 1. The van der Waals surface area contributed by atoms with Gasteiger partial charge in [0.2, 0.25) is 0 Å². The first kappa shape index (κ1) is 10.7. The fourth-order valence-corrected chi connectivity index (χ4v) is 1.79. The Labute approximate surface area is 105 Å². The van der Waals surface area contributed by atoms with Crippen LogP contribution in [0.3, 0.4) is 0 Å². The minimum Gasteiger partial charge on any atom is -0.290 e. The monoisotopic (exact) mass is 236 g/mol. The zero-order valence-corrected chi connectivity index (χ0v) is 9.77. The van der Waals surface area contributed by atoms with E-state index in [0.717, 1.165) is 18.1 Å². The van der Waals surface area contributed by atoms with Crippen LogP contribution in [-0.4, -0.2) is 19.5 Å². The van der Waals surface area contributed by atoms with Crippen LogP contribution in [0.15, 0.2) is 61.3 Å². The van der Waals surface area contributed by atoms with Gasteiger partial charge in [-0.15, -0.1) is 0 Å². The van der Waals surface area contributed by atoms with Gasteiger partial charge in [0, 0.05) is 25.0 Å². The maximum absolute atomic E-state index is 4.52. The average molecular weight is 236 g/mol. The van der Waals surface area contributed by atoms with Crippen LogP contribution in [0.4, 0.5) is 0 Å². The van der Waals surface area contributed by atoms with Crippen molar-refractivity contribution in [3.05, 3.63) is 72.7 Å². The highest BCUT2D eigenvalue weighted by Crippen LogP contribution is 2.07. The van der Waals surface area contributed by atoms with Gasteiger partial charge in [0.05, 0.1) is 0 Å². The predicted octanol–water partition coefficient (Wildman–Crippen LogP) is 2.25. The van der Waals surface area contributed by atoms with Gasteiger partial charge in [-0.25, -0.2) is 15.0 Å². The number of nitrogens with zero attached hydrogens (tertiary/aromatic N) is 4.